The molecule has 0 bridgehead atoms. The van der Waals surface area contributed by atoms with E-state index < -0.39 is 36.5 Å². The van der Waals surface area contributed by atoms with Crippen LogP contribution in [-0.4, -0.2) is 40.4 Å². The molecular formula is C20H20F5N3O3. The molecule has 1 N–H and O–H groups in total. The third kappa shape index (κ3) is 6.69. The minimum atomic E-state index is -5.72. The quantitative estimate of drug-likeness (QED) is 0.622. The van der Waals surface area contributed by atoms with Gasteiger partial charge in [-0.15, -0.1) is 0 Å². The summed E-state index contributed by atoms with van der Waals surface area (Å²) in [7, 11) is 0. The molecule has 168 valence electrons. The molecule has 31 heavy (non-hydrogen) atoms. The molecule has 2 aromatic rings. The zero-order valence-corrected chi connectivity index (χ0v) is 16.9. The molecule has 1 amide bonds. The molecule has 0 saturated heterocycles. The summed E-state index contributed by atoms with van der Waals surface area (Å²) in [5, 5.41) is 2.71. The largest absolute Gasteiger partial charge is 0.471 e. The second kappa shape index (κ2) is 9.36. The van der Waals surface area contributed by atoms with Gasteiger partial charge in [-0.1, -0.05) is 6.07 Å². The number of amides is 1. The number of hydrogen-bond acceptors (Lipinski definition) is 5. The first-order valence-electron chi connectivity index (χ1n) is 9.09. The zero-order valence-electron chi connectivity index (χ0n) is 16.9. The van der Waals surface area contributed by atoms with Crippen LogP contribution in [0.25, 0.3) is 0 Å². The molecule has 11 heteroatoms. The van der Waals surface area contributed by atoms with Gasteiger partial charge in [0.15, 0.2) is 6.61 Å². The standard InChI is InChI=1S/C20H20F5N3O3/c1-11-6-15(8-16(27-11)7-12(2)29)18(30)28-13(3)14-4-5-17(26-9-14)31-10-19(21,22)20(23,24)25/h4-6,8-9,13H,7,10H2,1-3H3,(H,28,30). The van der Waals surface area contributed by atoms with Crippen molar-refractivity contribution in [2.75, 3.05) is 6.61 Å². The molecule has 0 radical (unpaired) electrons. The van der Waals surface area contributed by atoms with E-state index in [-0.39, 0.29) is 12.2 Å². The molecule has 2 aromatic heterocycles. The average molecular weight is 445 g/mol. The van der Waals surface area contributed by atoms with Gasteiger partial charge in [-0.05, 0) is 38.5 Å². The van der Waals surface area contributed by atoms with Crippen LogP contribution >= 0.6 is 0 Å². The number of ketones is 1. The first-order valence-corrected chi connectivity index (χ1v) is 9.09. The SMILES string of the molecule is CC(=O)Cc1cc(C(=O)NC(C)c2ccc(OCC(F)(F)C(F)(F)F)nc2)cc(C)n1. The second-order valence-corrected chi connectivity index (χ2v) is 6.98. The fourth-order valence-electron chi connectivity index (χ4n) is 2.56. The van der Waals surface area contributed by atoms with Gasteiger partial charge in [-0.25, -0.2) is 4.98 Å². The molecule has 0 aliphatic heterocycles. The second-order valence-electron chi connectivity index (χ2n) is 6.98. The van der Waals surface area contributed by atoms with Gasteiger partial charge in [-0.3, -0.25) is 14.6 Å². The number of Topliss-reactive ketones (excluding diaryl/α,β-unsaturated/α-hetero) is 1. The minimum absolute atomic E-state index is 0.0935. The van der Waals surface area contributed by atoms with Crippen molar-refractivity contribution in [2.45, 2.75) is 45.3 Å². The highest BCUT2D eigenvalue weighted by atomic mass is 19.4. The highest BCUT2D eigenvalue weighted by molar-refractivity contribution is 5.94. The highest BCUT2D eigenvalue weighted by Crippen LogP contribution is 2.35. The fraction of sp³-hybridized carbons (Fsp3) is 0.400. The maximum Gasteiger partial charge on any atom is 0.456 e. The number of halogens is 5. The molecule has 6 nitrogen and oxygen atoms in total. The van der Waals surface area contributed by atoms with Gasteiger partial charge in [0.2, 0.25) is 5.88 Å². The molecule has 0 fully saturated rings. The van der Waals surface area contributed by atoms with Crippen molar-refractivity contribution in [1.82, 2.24) is 15.3 Å². The van der Waals surface area contributed by atoms with Crippen molar-refractivity contribution in [3.8, 4) is 5.88 Å². The number of pyridine rings is 2. The van der Waals surface area contributed by atoms with Crippen LogP contribution in [0.5, 0.6) is 5.88 Å². The summed E-state index contributed by atoms with van der Waals surface area (Å²) in [6.07, 6.45) is -4.43. The number of carbonyl (C=O) groups is 2. The summed E-state index contributed by atoms with van der Waals surface area (Å²) in [5.74, 6) is -5.95. The van der Waals surface area contributed by atoms with Crippen molar-refractivity contribution >= 4 is 11.7 Å². The van der Waals surface area contributed by atoms with Crippen molar-refractivity contribution < 1.29 is 36.3 Å². The van der Waals surface area contributed by atoms with Crippen LogP contribution in [0, 0.1) is 6.92 Å². The van der Waals surface area contributed by atoms with Crippen molar-refractivity contribution in [2.24, 2.45) is 0 Å². The van der Waals surface area contributed by atoms with Crippen LogP contribution < -0.4 is 10.1 Å². The number of carbonyl (C=O) groups excluding carboxylic acids is 2. The molecule has 1 atom stereocenters. The van der Waals surface area contributed by atoms with E-state index in [9.17, 15) is 31.5 Å². The van der Waals surface area contributed by atoms with E-state index in [2.05, 4.69) is 20.0 Å². The van der Waals surface area contributed by atoms with Gasteiger partial charge < -0.3 is 10.1 Å². The first kappa shape index (κ1) is 24.2. The van der Waals surface area contributed by atoms with Crippen LogP contribution in [0.2, 0.25) is 0 Å². The third-order valence-corrected chi connectivity index (χ3v) is 4.12. The maximum atomic E-state index is 12.9. The highest BCUT2D eigenvalue weighted by Gasteiger charge is 2.58. The molecule has 0 aliphatic carbocycles. The van der Waals surface area contributed by atoms with E-state index in [0.717, 1.165) is 6.07 Å². The van der Waals surface area contributed by atoms with Gasteiger partial charge in [0.1, 0.15) is 5.78 Å². The van der Waals surface area contributed by atoms with Gasteiger partial charge >= 0.3 is 12.1 Å². The third-order valence-electron chi connectivity index (χ3n) is 4.12. The maximum absolute atomic E-state index is 12.9. The van der Waals surface area contributed by atoms with E-state index in [0.29, 0.717) is 22.5 Å². The minimum Gasteiger partial charge on any atom is -0.471 e. The number of alkyl halides is 5. The van der Waals surface area contributed by atoms with Gasteiger partial charge in [0, 0.05) is 35.6 Å². The van der Waals surface area contributed by atoms with E-state index in [1.807, 2.05) is 0 Å². The lowest BCUT2D eigenvalue weighted by Gasteiger charge is -2.19. The molecule has 2 heterocycles. The lowest BCUT2D eigenvalue weighted by Crippen LogP contribution is -2.41. The van der Waals surface area contributed by atoms with Crippen LogP contribution in [0.3, 0.4) is 0 Å². The van der Waals surface area contributed by atoms with Crippen molar-refractivity contribution in [3.05, 3.63) is 53.0 Å². The predicted octanol–water partition coefficient (Wildman–Crippen LogP) is 3.98. The predicted molar refractivity (Wildman–Crippen MR) is 100.0 cm³/mol. The monoisotopic (exact) mass is 445 g/mol. The zero-order chi connectivity index (χ0) is 23.4. The Hall–Kier alpha value is -3.11. The number of nitrogens with zero attached hydrogens (tertiary/aromatic N) is 2. The van der Waals surface area contributed by atoms with Gasteiger partial charge in [0.25, 0.3) is 5.91 Å². The Labute approximate surface area is 174 Å². The van der Waals surface area contributed by atoms with Crippen LogP contribution in [-0.2, 0) is 11.2 Å². The number of rotatable bonds is 8. The van der Waals surface area contributed by atoms with E-state index in [1.54, 1.807) is 19.9 Å². The summed E-state index contributed by atoms with van der Waals surface area (Å²) in [6.45, 7) is 2.85. The van der Waals surface area contributed by atoms with Crippen molar-refractivity contribution in [3.63, 3.8) is 0 Å². The first-order chi connectivity index (χ1) is 14.3. The molecule has 0 spiro atoms. The summed E-state index contributed by atoms with van der Waals surface area (Å²) < 4.78 is 66.8. The van der Waals surface area contributed by atoms with E-state index in [4.69, 9.17) is 0 Å². The number of ether oxygens (including phenoxy) is 1. The Morgan fingerprint density at radius 1 is 1.16 bits per heavy atom. The van der Waals surface area contributed by atoms with Crippen molar-refractivity contribution in [1.29, 1.82) is 0 Å². The van der Waals surface area contributed by atoms with Crippen LogP contribution in [0.4, 0.5) is 22.0 Å². The van der Waals surface area contributed by atoms with E-state index in [1.165, 1.54) is 25.3 Å². The molecule has 0 aliphatic rings. The summed E-state index contributed by atoms with van der Waals surface area (Å²) in [4.78, 5) is 31.7. The fourth-order valence-corrected chi connectivity index (χ4v) is 2.56. The van der Waals surface area contributed by atoms with E-state index >= 15 is 0 Å². The molecular weight excluding hydrogens is 425 g/mol. The summed E-state index contributed by atoms with van der Waals surface area (Å²) >= 11 is 0. The molecule has 1 unspecified atom stereocenters. The number of aryl methyl sites for hydroxylation is 1. The van der Waals surface area contributed by atoms with Crippen LogP contribution in [0.15, 0.2) is 30.5 Å². The van der Waals surface area contributed by atoms with Gasteiger partial charge in [-0.2, -0.15) is 22.0 Å². The molecule has 0 saturated carbocycles. The Bertz CT molecular complexity index is 946. The Balaban J connectivity index is 2.03. The van der Waals surface area contributed by atoms with Crippen LogP contribution in [0.1, 0.15) is 47.2 Å². The topological polar surface area (TPSA) is 81.2 Å². The Kier molecular flexibility index (Phi) is 7.29. The molecule has 0 aromatic carbocycles. The van der Waals surface area contributed by atoms with Gasteiger partial charge in [0.05, 0.1) is 6.04 Å². The number of hydrogen-bond donors (Lipinski definition) is 1. The average Bonchev–Trinajstić information content (AvgIpc) is 2.64. The number of nitrogens with one attached hydrogen (secondary N) is 1. The normalized spacial score (nSPS) is 12.9. The summed E-state index contributed by atoms with van der Waals surface area (Å²) in [6, 6.07) is 5.02. The lowest BCUT2D eigenvalue weighted by molar-refractivity contribution is -0.290. The molecule has 2 rings (SSSR count). The lowest BCUT2D eigenvalue weighted by atomic mass is 10.1. The smallest absolute Gasteiger partial charge is 0.456 e. The summed E-state index contributed by atoms with van der Waals surface area (Å²) in [5.41, 5.74) is 1.80. The Morgan fingerprint density at radius 2 is 1.84 bits per heavy atom. The number of aromatic nitrogens is 2. The Morgan fingerprint density at radius 3 is 2.39 bits per heavy atom.